The number of carbonyl (C=O) groups is 1. The maximum absolute atomic E-state index is 13.1. The maximum Gasteiger partial charge on any atom is 0.312 e. The molecular formula is C23H40O2. The summed E-state index contributed by atoms with van der Waals surface area (Å²) in [6.45, 7) is 4.84. The Labute approximate surface area is 155 Å². The lowest BCUT2D eigenvalue weighted by atomic mass is 9.49. The van der Waals surface area contributed by atoms with E-state index in [-0.39, 0.29) is 16.8 Å². The average molecular weight is 349 g/mol. The average Bonchev–Trinajstić information content (AvgIpc) is 2.69. The van der Waals surface area contributed by atoms with Crippen LogP contribution < -0.4 is 0 Å². The van der Waals surface area contributed by atoms with Crippen LogP contribution in [0.4, 0.5) is 0 Å². The largest absolute Gasteiger partial charge is 0.466 e. The molecule has 3 saturated carbocycles. The van der Waals surface area contributed by atoms with Gasteiger partial charge in [0.2, 0.25) is 0 Å². The highest BCUT2D eigenvalue weighted by Crippen LogP contribution is 2.60. The summed E-state index contributed by atoms with van der Waals surface area (Å²) in [5.74, 6) is 2.06. The fourth-order valence-corrected chi connectivity index (χ4v) is 6.82. The molecule has 3 rings (SSSR count). The first-order chi connectivity index (χ1) is 12.2. The van der Waals surface area contributed by atoms with Crippen LogP contribution in [-0.4, -0.2) is 12.6 Å². The lowest BCUT2D eigenvalue weighted by Crippen LogP contribution is -2.51. The molecule has 0 heterocycles. The third-order valence-electron chi connectivity index (χ3n) is 8.37. The van der Waals surface area contributed by atoms with Gasteiger partial charge in [-0.25, -0.2) is 0 Å². The molecule has 2 heteroatoms. The van der Waals surface area contributed by atoms with Gasteiger partial charge in [0.25, 0.3) is 0 Å². The van der Waals surface area contributed by atoms with Gasteiger partial charge in [0.05, 0.1) is 12.0 Å². The Bertz CT molecular complexity index is 421. The van der Waals surface area contributed by atoms with E-state index >= 15 is 0 Å². The zero-order valence-corrected chi connectivity index (χ0v) is 16.8. The molecule has 0 bridgehead atoms. The molecule has 0 N–H and O–H groups in total. The van der Waals surface area contributed by atoms with Gasteiger partial charge in [-0.05, 0) is 69.1 Å². The van der Waals surface area contributed by atoms with Crippen LogP contribution in [0.2, 0.25) is 0 Å². The Morgan fingerprint density at radius 3 is 1.92 bits per heavy atom. The fourth-order valence-electron chi connectivity index (χ4n) is 6.82. The fraction of sp³-hybridized carbons (Fsp3) is 0.957. The van der Waals surface area contributed by atoms with Gasteiger partial charge in [-0.15, -0.1) is 0 Å². The van der Waals surface area contributed by atoms with Crippen LogP contribution >= 0.6 is 0 Å². The molecule has 0 aliphatic heterocycles. The number of rotatable bonds is 5. The molecule has 0 aromatic carbocycles. The van der Waals surface area contributed by atoms with Crippen molar-refractivity contribution in [2.75, 3.05) is 6.61 Å². The van der Waals surface area contributed by atoms with Crippen molar-refractivity contribution < 1.29 is 9.53 Å². The minimum atomic E-state index is -0.173. The second-order valence-corrected chi connectivity index (χ2v) is 9.23. The van der Waals surface area contributed by atoms with Crippen molar-refractivity contribution in [1.29, 1.82) is 0 Å². The third kappa shape index (κ3) is 3.65. The van der Waals surface area contributed by atoms with Crippen LogP contribution in [0.1, 0.15) is 110 Å². The molecule has 0 spiro atoms. The lowest BCUT2D eigenvalue weighted by molar-refractivity contribution is -0.174. The summed E-state index contributed by atoms with van der Waals surface area (Å²) < 4.78 is 5.67. The number of ether oxygens (including phenoxy) is 1. The maximum atomic E-state index is 13.1. The molecule has 2 nitrogen and oxygen atoms in total. The molecule has 3 aliphatic rings. The van der Waals surface area contributed by atoms with Crippen molar-refractivity contribution in [2.24, 2.45) is 22.7 Å². The molecule has 0 unspecified atom stereocenters. The predicted molar refractivity (Wildman–Crippen MR) is 103 cm³/mol. The van der Waals surface area contributed by atoms with E-state index in [1.54, 1.807) is 0 Å². The standard InChI is InChI=1S/C23H40O2/c1-3-22(23(21(24)25-4-2)15-9-6-10-16-23)17-13-20(14-18-22)19-11-7-5-8-12-19/h19-20H,3-18H2,1-2H3/t20-,22+. The van der Waals surface area contributed by atoms with E-state index in [1.807, 2.05) is 6.92 Å². The first-order valence-corrected chi connectivity index (χ1v) is 11.3. The van der Waals surface area contributed by atoms with Crippen molar-refractivity contribution in [2.45, 2.75) is 110 Å². The Morgan fingerprint density at radius 1 is 0.800 bits per heavy atom. The first kappa shape index (κ1) is 19.2. The Morgan fingerprint density at radius 2 is 1.36 bits per heavy atom. The van der Waals surface area contributed by atoms with Gasteiger partial charge in [-0.2, -0.15) is 0 Å². The Kier molecular flexibility index (Phi) is 6.49. The SMILES string of the molecule is CCOC(=O)C1([C@]2(CC)CC[C@H](C3CCCCC3)CC2)CCCCC1. The number of carbonyl (C=O) groups excluding carboxylic acids is 1. The van der Waals surface area contributed by atoms with Gasteiger partial charge >= 0.3 is 5.97 Å². The molecule has 3 aliphatic carbocycles. The van der Waals surface area contributed by atoms with Crippen LogP contribution in [-0.2, 0) is 9.53 Å². The smallest absolute Gasteiger partial charge is 0.312 e. The number of esters is 1. The van der Waals surface area contributed by atoms with E-state index in [0.717, 1.165) is 31.1 Å². The van der Waals surface area contributed by atoms with Crippen LogP contribution in [0.5, 0.6) is 0 Å². The molecule has 0 atom stereocenters. The molecule has 0 aromatic heterocycles. The summed E-state index contributed by atoms with van der Waals surface area (Å²) in [5.41, 5.74) is 0.0401. The monoisotopic (exact) mass is 348 g/mol. The minimum absolute atomic E-state index is 0.146. The Hall–Kier alpha value is -0.530. The quantitative estimate of drug-likeness (QED) is 0.519. The first-order valence-electron chi connectivity index (χ1n) is 11.3. The second kappa shape index (κ2) is 8.44. The summed E-state index contributed by atoms with van der Waals surface area (Å²) in [7, 11) is 0. The van der Waals surface area contributed by atoms with Crippen LogP contribution in [0.15, 0.2) is 0 Å². The summed E-state index contributed by atoms with van der Waals surface area (Å²) >= 11 is 0. The number of hydrogen-bond acceptors (Lipinski definition) is 2. The van der Waals surface area contributed by atoms with E-state index in [9.17, 15) is 4.79 Å². The highest BCUT2D eigenvalue weighted by Gasteiger charge is 2.57. The van der Waals surface area contributed by atoms with E-state index in [4.69, 9.17) is 4.74 Å². The van der Waals surface area contributed by atoms with Crippen molar-refractivity contribution in [3.8, 4) is 0 Å². The van der Waals surface area contributed by atoms with Crippen LogP contribution in [0.25, 0.3) is 0 Å². The van der Waals surface area contributed by atoms with Crippen LogP contribution in [0, 0.1) is 22.7 Å². The van der Waals surface area contributed by atoms with Crippen molar-refractivity contribution >= 4 is 5.97 Å². The molecule has 0 radical (unpaired) electrons. The van der Waals surface area contributed by atoms with Crippen molar-refractivity contribution in [3.63, 3.8) is 0 Å². The van der Waals surface area contributed by atoms with Gasteiger partial charge in [0.1, 0.15) is 0 Å². The van der Waals surface area contributed by atoms with Gasteiger partial charge in [0.15, 0.2) is 0 Å². The molecule has 25 heavy (non-hydrogen) atoms. The highest BCUT2D eigenvalue weighted by atomic mass is 16.5. The molecular weight excluding hydrogens is 308 g/mol. The summed E-state index contributed by atoms with van der Waals surface area (Å²) in [5, 5.41) is 0. The zero-order chi connectivity index (χ0) is 17.8. The summed E-state index contributed by atoms with van der Waals surface area (Å²) in [4.78, 5) is 13.1. The predicted octanol–water partition coefficient (Wildman–Crippen LogP) is 6.67. The highest BCUT2D eigenvalue weighted by molar-refractivity contribution is 5.78. The van der Waals surface area contributed by atoms with Gasteiger partial charge in [-0.1, -0.05) is 58.3 Å². The molecule has 0 aromatic rings. The molecule has 144 valence electrons. The van der Waals surface area contributed by atoms with E-state index in [1.165, 1.54) is 77.0 Å². The molecule has 0 saturated heterocycles. The summed E-state index contributed by atoms with van der Waals surface area (Å²) in [6, 6.07) is 0. The van der Waals surface area contributed by atoms with E-state index < -0.39 is 0 Å². The van der Waals surface area contributed by atoms with Gasteiger partial charge in [0, 0.05) is 0 Å². The van der Waals surface area contributed by atoms with E-state index in [0.29, 0.717) is 6.61 Å². The number of hydrogen-bond donors (Lipinski definition) is 0. The van der Waals surface area contributed by atoms with Crippen LogP contribution in [0.3, 0.4) is 0 Å². The zero-order valence-electron chi connectivity index (χ0n) is 16.8. The normalized spacial score (nSPS) is 33.8. The lowest BCUT2D eigenvalue weighted by Gasteiger charge is -2.54. The van der Waals surface area contributed by atoms with Gasteiger partial charge < -0.3 is 4.74 Å². The van der Waals surface area contributed by atoms with Crippen molar-refractivity contribution in [3.05, 3.63) is 0 Å². The van der Waals surface area contributed by atoms with Crippen molar-refractivity contribution in [1.82, 2.24) is 0 Å². The van der Waals surface area contributed by atoms with E-state index in [2.05, 4.69) is 6.92 Å². The second-order valence-electron chi connectivity index (χ2n) is 9.23. The topological polar surface area (TPSA) is 26.3 Å². The molecule has 0 amide bonds. The minimum Gasteiger partial charge on any atom is -0.466 e. The molecule has 3 fully saturated rings. The summed E-state index contributed by atoms with van der Waals surface area (Å²) in [6.07, 6.45) is 19.6. The Balaban J connectivity index is 1.75. The van der Waals surface area contributed by atoms with Gasteiger partial charge in [-0.3, -0.25) is 4.79 Å². The third-order valence-corrected chi connectivity index (χ3v) is 8.37.